The number of aromatic nitrogens is 2. The number of hydrogen-bond donors (Lipinski definition) is 2. The highest BCUT2D eigenvalue weighted by molar-refractivity contribution is 7.99. The number of nitrogens with two attached hydrogens (primary N) is 1. The van der Waals surface area contributed by atoms with Gasteiger partial charge in [-0.05, 0) is 18.8 Å². The summed E-state index contributed by atoms with van der Waals surface area (Å²) in [4.78, 5) is 17.9. The molecule has 3 N–H and O–H groups in total. The van der Waals surface area contributed by atoms with Crippen LogP contribution < -0.4 is 11.3 Å². The number of aromatic amines is 1. The van der Waals surface area contributed by atoms with Crippen LogP contribution in [0.25, 0.3) is 0 Å². The molecule has 2 heterocycles. The average molecular weight is 318 g/mol. The second-order valence-corrected chi connectivity index (χ2v) is 7.91. The second-order valence-electron chi connectivity index (χ2n) is 4.92. The van der Waals surface area contributed by atoms with Gasteiger partial charge in [0.25, 0.3) is 5.56 Å². The number of nitrogens with zero attached hydrogens (tertiary/aromatic N) is 2. The van der Waals surface area contributed by atoms with Crippen molar-refractivity contribution in [2.45, 2.75) is 18.0 Å². The van der Waals surface area contributed by atoms with Gasteiger partial charge in [0, 0.05) is 24.9 Å². The second kappa shape index (κ2) is 6.15. The summed E-state index contributed by atoms with van der Waals surface area (Å²) in [6.07, 6.45) is 3.07. The minimum Gasteiger partial charge on any atom is -0.383 e. The Morgan fingerprint density at radius 2 is 2.35 bits per heavy atom. The minimum absolute atomic E-state index is 0.192. The molecule has 0 aromatic carbocycles. The lowest BCUT2D eigenvalue weighted by molar-refractivity contribution is 0.286. The van der Waals surface area contributed by atoms with Crippen molar-refractivity contribution in [1.29, 1.82) is 0 Å². The van der Waals surface area contributed by atoms with E-state index in [9.17, 15) is 13.2 Å². The van der Waals surface area contributed by atoms with E-state index < -0.39 is 10.0 Å². The summed E-state index contributed by atoms with van der Waals surface area (Å²) < 4.78 is 24.6. The lowest BCUT2D eigenvalue weighted by atomic mass is 10.0. The van der Waals surface area contributed by atoms with E-state index in [2.05, 4.69) is 9.97 Å². The molecule has 0 amide bonds. The summed E-state index contributed by atoms with van der Waals surface area (Å²) in [6.45, 7) is 1.12. The van der Waals surface area contributed by atoms with Crippen LogP contribution in [0.3, 0.4) is 0 Å². The van der Waals surface area contributed by atoms with Crippen LogP contribution in [0, 0.1) is 5.92 Å². The number of nitrogen functional groups attached to an aromatic ring is 1. The fourth-order valence-electron chi connectivity index (χ4n) is 2.18. The van der Waals surface area contributed by atoms with E-state index in [1.165, 1.54) is 28.4 Å². The molecule has 7 nitrogen and oxygen atoms in total. The van der Waals surface area contributed by atoms with Crippen molar-refractivity contribution in [2.24, 2.45) is 5.92 Å². The summed E-state index contributed by atoms with van der Waals surface area (Å²) in [5.41, 5.74) is 5.24. The van der Waals surface area contributed by atoms with E-state index >= 15 is 0 Å². The lowest BCUT2D eigenvalue weighted by Gasteiger charge is -2.30. The van der Waals surface area contributed by atoms with Gasteiger partial charge < -0.3 is 10.7 Å². The third-order valence-electron chi connectivity index (χ3n) is 3.15. The van der Waals surface area contributed by atoms with E-state index in [1.807, 2.05) is 0 Å². The number of rotatable bonds is 4. The van der Waals surface area contributed by atoms with Gasteiger partial charge in [0.2, 0.25) is 10.0 Å². The van der Waals surface area contributed by atoms with Crippen LogP contribution in [0.1, 0.15) is 12.8 Å². The van der Waals surface area contributed by atoms with Gasteiger partial charge in [0.1, 0.15) is 5.82 Å². The lowest BCUT2D eigenvalue weighted by Crippen LogP contribution is -2.39. The van der Waals surface area contributed by atoms with Crippen LogP contribution in [0.2, 0.25) is 0 Å². The van der Waals surface area contributed by atoms with Gasteiger partial charge in [0.15, 0.2) is 5.16 Å². The van der Waals surface area contributed by atoms with Gasteiger partial charge in [0.05, 0.1) is 6.26 Å². The monoisotopic (exact) mass is 318 g/mol. The fourth-order valence-corrected chi connectivity index (χ4v) is 4.13. The number of H-pyrrole nitrogens is 1. The molecule has 112 valence electrons. The maximum Gasteiger partial charge on any atom is 0.253 e. The van der Waals surface area contributed by atoms with Crippen LogP contribution in [0.4, 0.5) is 5.82 Å². The van der Waals surface area contributed by atoms with Crippen LogP contribution in [-0.4, -0.2) is 47.8 Å². The molecule has 0 saturated carbocycles. The van der Waals surface area contributed by atoms with E-state index in [0.29, 0.717) is 24.0 Å². The molecule has 2 rings (SSSR count). The number of hydrogen-bond acceptors (Lipinski definition) is 6. The standard InChI is InChI=1S/C11H18N4O3S2/c1-20(17,18)15-4-2-3-8(6-15)7-19-11-13-9(12)5-10(16)14-11/h5,8H,2-4,6-7H2,1H3,(H3,12,13,14,16). The molecular formula is C11H18N4O3S2. The van der Waals surface area contributed by atoms with Crippen molar-refractivity contribution in [3.63, 3.8) is 0 Å². The number of anilines is 1. The largest absolute Gasteiger partial charge is 0.383 e. The van der Waals surface area contributed by atoms with E-state index in [-0.39, 0.29) is 17.3 Å². The Morgan fingerprint density at radius 3 is 3.00 bits per heavy atom. The molecule has 1 aliphatic rings. The third kappa shape index (κ3) is 4.22. The predicted molar refractivity (Wildman–Crippen MR) is 79.1 cm³/mol. The Hall–Kier alpha value is -1.06. The SMILES string of the molecule is CS(=O)(=O)N1CCCC(CSc2nc(N)cc(=O)[nH]2)C1. The topological polar surface area (TPSA) is 109 Å². The normalized spacial score (nSPS) is 20.9. The highest BCUT2D eigenvalue weighted by Gasteiger charge is 2.25. The highest BCUT2D eigenvalue weighted by atomic mass is 32.2. The maximum absolute atomic E-state index is 11.5. The van der Waals surface area contributed by atoms with Crippen LogP contribution in [0.5, 0.6) is 0 Å². The zero-order chi connectivity index (χ0) is 14.8. The number of sulfonamides is 1. The Morgan fingerprint density at radius 1 is 1.60 bits per heavy atom. The molecule has 0 spiro atoms. The van der Waals surface area contributed by atoms with Crippen molar-refractivity contribution < 1.29 is 8.42 Å². The van der Waals surface area contributed by atoms with Crippen LogP contribution in [0.15, 0.2) is 16.0 Å². The van der Waals surface area contributed by atoms with Gasteiger partial charge in [-0.2, -0.15) is 0 Å². The zero-order valence-electron chi connectivity index (χ0n) is 11.2. The molecule has 9 heteroatoms. The summed E-state index contributed by atoms with van der Waals surface area (Å²) in [6, 6.07) is 1.23. The smallest absolute Gasteiger partial charge is 0.253 e. The molecule has 1 aromatic rings. The maximum atomic E-state index is 11.5. The van der Waals surface area contributed by atoms with Crippen molar-refractivity contribution in [3.8, 4) is 0 Å². The molecule has 1 saturated heterocycles. The summed E-state index contributed by atoms with van der Waals surface area (Å²) in [5, 5.41) is 0.478. The minimum atomic E-state index is -3.12. The van der Waals surface area contributed by atoms with Crippen LogP contribution >= 0.6 is 11.8 Å². The first-order valence-corrected chi connectivity index (χ1v) is 9.13. The van der Waals surface area contributed by atoms with E-state index in [4.69, 9.17) is 5.73 Å². The molecule has 0 aliphatic carbocycles. The fraction of sp³-hybridized carbons (Fsp3) is 0.636. The van der Waals surface area contributed by atoms with Crippen molar-refractivity contribution in [1.82, 2.24) is 14.3 Å². The molecule has 1 unspecified atom stereocenters. The molecular weight excluding hydrogens is 300 g/mol. The first-order valence-electron chi connectivity index (χ1n) is 6.29. The van der Waals surface area contributed by atoms with Crippen molar-refractivity contribution in [2.75, 3.05) is 30.8 Å². The van der Waals surface area contributed by atoms with Gasteiger partial charge in [-0.15, -0.1) is 0 Å². The first-order chi connectivity index (χ1) is 9.34. The molecule has 20 heavy (non-hydrogen) atoms. The van der Waals surface area contributed by atoms with E-state index in [1.54, 1.807) is 0 Å². The zero-order valence-corrected chi connectivity index (χ0v) is 12.8. The molecule has 1 aromatic heterocycles. The molecule has 1 fully saturated rings. The van der Waals surface area contributed by atoms with E-state index in [0.717, 1.165) is 12.8 Å². The van der Waals surface area contributed by atoms with Gasteiger partial charge >= 0.3 is 0 Å². The quantitative estimate of drug-likeness (QED) is 0.602. The summed E-state index contributed by atoms with van der Waals surface area (Å²) in [7, 11) is -3.12. The highest BCUT2D eigenvalue weighted by Crippen LogP contribution is 2.24. The van der Waals surface area contributed by atoms with Gasteiger partial charge in [-0.1, -0.05) is 11.8 Å². The average Bonchev–Trinajstić information content (AvgIpc) is 2.35. The Labute approximate surface area is 122 Å². The number of thioether (sulfide) groups is 1. The predicted octanol–water partition coefficient (Wildman–Crippen LogP) is 0.116. The molecule has 1 atom stereocenters. The summed E-state index contributed by atoms with van der Waals surface area (Å²) in [5.74, 6) is 1.16. The van der Waals surface area contributed by atoms with Crippen LogP contribution in [-0.2, 0) is 10.0 Å². The first kappa shape index (κ1) is 15.3. The Balaban J connectivity index is 1.95. The molecule has 0 radical (unpaired) electrons. The summed E-state index contributed by atoms with van der Waals surface area (Å²) >= 11 is 1.40. The Kier molecular flexibility index (Phi) is 4.71. The number of nitrogens with one attached hydrogen (secondary N) is 1. The van der Waals surface area contributed by atoms with Crippen molar-refractivity contribution >= 4 is 27.6 Å². The molecule has 1 aliphatic heterocycles. The van der Waals surface area contributed by atoms with Gasteiger partial charge in [-0.25, -0.2) is 17.7 Å². The number of piperidine rings is 1. The Bertz CT molecular complexity index is 629. The third-order valence-corrected chi connectivity index (χ3v) is 5.52. The molecule has 0 bridgehead atoms. The van der Waals surface area contributed by atoms with Crippen molar-refractivity contribution in [3.05, 3.63) is 16.4 Å². The van der Waals surface area contributed by atoms with Gasteiger partial charge in [-0.3, -0.25) is 4.79 Å².